The van der Waals surface area contributed by atoms with E-state index in [-0.39, 0.29) is 18.0 Å². The normalized spacial score (nSPS) is 13.3. The van der Waals surface area contributed by atoms with Gasteiger partial charge >= 0.3 is 12.0 Å². The predicted molar refractivity (Wildman–Crippen MR) is 80.7 cm³/mol. The van der Waals surface area contributed by atoms with Crippen molar-refractivity contribution in [1.82, 2.24) is 10.2 Å². The van der Waals surface area contributed by atoms with Gasteiger partial charge in [-0.3, -0.25) is 4.79 Å². The number of aliphatic carboxylic acids is 1. The predicted octanol–water partition coefficient (Wildman–Crippen LogP) is 2.87. The molecule has 2 amide bonds. The summed E-state index contributed by atoms with van der Waals surface area (Å²) in [5.41, 5.74) is 0. The van der Waals surface area contributed by atoms with Crippen LogP contribution in [-0.4, -0.2) is 41.6 Å². The first-order chi connectivity index (χ1) is 9.38. The van der Waals surface area contributed by atoms with Crippen LogP contribution in [-0.2, 0) is 4.79 Å². The zero-order valence-electron chi connectivity index (χ0n) is 12.9. The summed E-state index contributed by atoms with van der Waals surface area (Å²) in [5.74, 6) is -1.08. The summed E-state index contributed by atoms with van der Waals surface area (Å²) in [6.45, 7) is 8.01. The Kier molecular flexibility index (Phi) is 9.51. The number of carbonyl (C=O) groups excluding carboxylic acids is 1. The zero-order chi connectivity index (χ0) is 15.5. The van der Waals surface area contributed by atoms with Gasteiger partial charge < -0.3 is 15.3 Å². The third kappa shape index (κ3) is 8.56. The second-order valence-electron chi connectivity index (χ2n) is 5.37. The van der Waals surface area contributed by atoms with Gasteiger partial charge in [0, 0.05) is 19.6 Å². The Morgan fingerprint density at radius 3 is 2.50 bits per heavy atom. The van der Waals surface area contributed by atoms with Crippen LogP contribution in [0.1, 0.15) is 46.0 Å². The summed E-state index contributed by atoms with van der Waals surface area (Å²) >= 11 is 0. The van der Waals surface area contributed by atoms with Crippen molar-refractivity contribution in [3.63, 3.8) is 0 Å². The van der Waals surface area contributed by atoms with E-state index in [2.05, 4.69) is 11.9 Å². The Morgan fingerprint density at radius 2 is 1.95 bits per heavy atom. The van der Waals surface area contributed by atoms with Gasteiger partial charge in [-0.25, -0.2) is 4.79 Å². The highest BCUT2D eigenvalue weighted by Crippen LogP contribution is 2.09. The molecule has 20 heavy (non-hydrogen) atoms. The van der Waals surface area contributed by atoms with Crippen molar-refractivity contribution in [3.8, 4) is 0 Å². The molecule has 0 aliphatic rings. The van der Waals surface area contributed by atoms with Gasteiger partial charge in [0.1, 0.15) is 0 Å². The maximum atomic E-state index is 11.8. The van der Waals surface area contributed by atoms with Crippen molar-refractivity contribution in [2.45, 2.75) is 52.0 Å². The van der Waals surface area contributed by atoms with Crippen LogP contribution in [0, 0.1) is 5.92 Å². The highest BCUT2D eigenvalue weighted by molar-refractivity contribution is 5.74. The van der Waals surface area contributed by atoms with Crippen LogP contribution in [0.5, 0.6) is 0 Å². The second kappa shape index (κ2) is 10.3. The van der Waals surface area contributed by atoms with E-state index in [9.17, 15) is 9.59 Å². The van der Waals surface area contributed by atoms with E-state index in [1.54, 1.807) is 18.9 Å². The molecule has 2 atom stereocenters. The summed E-state index contributed by atoms with van der Waals surface area (Å²) in [6.07, 6.45) is 5.90. The number of allylic oxidation sites excluding steroid dienone is 1. The fraction of sp³-hybridized carbons (Fsp3) is 0.733. The number of unbranched alkanes of at least 4 members (excludes halogenated alkanes) is 1. The smallest absolute Gasteiger partial charge is 0.317 e. The lowest BCUT2D eigenvalue weighted by Gasteiger charge is -2.21. The molecule has 0 saturated carbocycles. The first kappa shape index (κ1) is 18.5. The Hall–Kier alpha value is -1.52. The van der Waals surface area contributed by atoms with Gasteiger partial charge in [-0.15, -0.1) is 6.58 Å². The molecule has 0 rings (SSSR count). The van der Waals surface area contributed by atoms with Gasteiger partial charge in [0.15, 0.2) is 0 Å². The minimum atomic E-state index is -0.761. The molecule has 0 bridgehead atoms. The number of hydrogen-bond donors (Lipinski definition) is 2. The standard InChI is InChI=1S/C15H28N2O3/c1-5-6-7-11-17(4)15(20)16-13(3)10-8-9-12(2)14(18)19/h5,12-13H,1,6-11H2,2-4H3,(H,16,20)(H,18,19). The van der Waals surface area contributed by atoms with Crippen LogP contribution in [0.4, 0.5) is 4.79 Å². The number of nitrogens with zero attached hydrogens (tertiary/aromatic N) is 1. The van der Waals surface area contributed by atoms with Crippen LogP contribution in [0.25, 0.3) is 0 Å². The van der Waals surface area contributed by atoms with E-state index in [0.717, 1.165) is 25.7 Å². The first-order valence-electron chi connectivity index (χ1n) is 7.23. The summed E-state index contributed by atoms with van der Waals surface area (Å²) in [6, 6.07) is -0.0156. The Labute approximate surface area is 122 Å². The van der Waals surface area contributed by atoms with Crippen molar-refractivity contribution in [1.29, 1.82) is 0 Å². The Morgan fingerprint density at radius 1 is 1.30 bits per heavy atom. The summed E-state index contributed by atoms with van der Waals surface area (Å²) in [4.78, 5) is 24.2. The average Bonchev–Trinajstić information content (AvgIpc) is 2.38. The number of nitrogens with one attached hydrogen (secondary N) is 1. The molecule has 0 spiro atoms. The largest absolute Gasteiger partial charge is 0.481 e. The van der Waals surface area contributed by atoms with Gasteiger partial charge in [-0.2, -0.15) is 0 Å². The highest BCUT2D eigenvalue weighted by atomic mass is 16.4. The minimum absolute atomic E-state index is 0.0605. The lowest BCUT2D eigenvalue weighted by atomic mass is 10.0. The summed E-state index contributed by atoms with van der Waals surface area (Å²) in [7, 11) is 1.78. The zero-order valence-corrected chi connectivity index (χ0v) is 12.9. The minimum Gasteiger partial charge on any atom is -0.481 e. The molecule has 0 aromatic heterocycles. The van der Waals surface area contributed by atoms with Gasteiger partial charge in [-0.05, 0) is 32.6 Å². The number of amides is 2. The van der Waals surface area contributed by atoms with Gasteiger partial charge in [-0.1, -0.05) is 19.4 Å². The molecule has 2 N–H and O–H groups in total. The van der Waals surface area contributed by atoms with Crippen LogP contribution in [0.2, 0.25) is 0 Å². The third-order valence-electron chi connectivity index (χ3n) is 3.31. The monoisotopic (exact) mass is 284 g/mol. The van der Waals surface area contributed by atoms with Gasteiger partial charge in [0.25, 0.3) is 0 Å². The topological polar surface area (TPSA) is 69.6 Å². The van der Waals surface area contributed by atoms with Gasteiger partial charge in [0.2, 0.25) is 0 Å². The van der Waals surface area contributed by atoms with E-state index >= 15 is 0 Å². The summed E-state index contributed by atoms with van der Waals surface area (Å²) < 4.78 is 0. The van der Waals surface area contributed by atoms with E-state index in [1.165, 1.54) is 0 Å². The molecule has 0 heterocycles. The number of hydrogen-bond acceptors (Lipinski definition) is 2. The van der Waals surface area contributed by atoms with E-state index in [1.807, 2.05) is 13.0 Å². The number of carboxylic acids is 1. The molecule has 0 aromatic carbocycles. The average molecular weight is 284 g/mol. The number of urea groups is 1. The summed E-state index contributed by atoms with van der Waals surface area (Å²) in [5, 5.41) is 11.7. The molecule has 5 heteroatoms. The lowest BCUT2D eigenvalue weighted by molar-refractivity contribution is -0.141. The SMILES string of the molecule is C=CCCCN(C)C(=O)NC(C)CCCC(C)C(=O)O. The molecule has 0 aromatic rings. The highest BCUT2D eigenvalue weighted by Gasteiger charge is 2.13. The molecule has 5 nitrogen and oxygen atoms in total. The Balaban J connectivity index is 3.83. The second-order valence-corrected chi connectivity index (χ2v) is 5.37. The maximum absolute atomic E-state index is 11.8. The number of rotatable bonds is 10. The molecule has 0 aliphatic heterocycles. The van der Waals surface area contributed by atoms with Crippen molar-refractivity contribution in [2.75, 3.05) is 13.6 Å². The van der Waals surface area contributed by atoms with E-state index in [4.69, 9.17) is 5.11 Å². The van der Waals surface area contributed by atoms with E-state index < -0.39 is 5.97 Å². The fourth-order valence-corrected chi connectivity index (χ4v) is 1.82. The van der Waals surface area contributed by atoms with Crippen molar-refractivity contribution >= 4 is 12.0 Å². The van der Waals surface area contributed by atoms with Crippen LogP contribution in [0.15, 0.2) is 12.7 Å². The van der Waals surface area contributed by atoms with Crippen LogP contribution in [0.3, 0.4) is 0 Å². The quantitative estimate of drug-likeness (QED) is 0.479. The maximum Gasteiger partial charge on any atom is 0.317 e. The molecular weight excluding hydrogens is 256 g/mol. The van der Waals surface area contributed by atoms with Gasteiger partial charge in [0.05, 0.1) is 5.92 Å². The molecule has 0 fully saturated rings. The third-order valence-corrected chi connectivity index (χ3v) is 3.31. The molecule has 0 radical (unpaired) electrons. The van der Waals surface area contributed by atoms with Crippen molar-refractivity contribution < 1.29 is 14.7 Å². The van der Waals surface area contributed by atoms with E-state index in [0.29, 0.717) is 13.0 Å². The Bertz CT molecular complexity index is 318. The first-order valence-corrected chi connectivity index (χ1v) is 7.23. The van der Waals surface area contributed by atoms with Crippen molar-refractivity contribution in [2.24, 2.45) is 5.92 Å². The van der Waals surface area contributed by atoms with Crippen LogP contribution >= 0.6 is 0 Å². The van der Waals surface area contributed by atoms with Crippen molar-refractivity contribution in [3.05, 3.63) is 12.7 Å². The lowest BCUT2D eigenvalue weighted by Crippen LogP contribution is -2.42. The molecule has 116 valence electrons. The molecule has 2 unspecified atom stereocenters. The molecular formula is C15H28N2O3. The number of carbonyl (C=O) groups is 2. The fourth-order valence-electron chi connectivity index (χ4n) is 1.82. The van der Waals surface area contributed by atoms with Crippen LogP contribution < -0.4 is 5.32 Å². The molecule has 0 aliphatic carbocycles. The number of carboxylic acid groups (broad SMARTS) is 1. The molecule has 0 saturated heterocycles.